The Hall–Kier alpha value is -2.91. The lowest BCUT2D eigenvalue weighted by molar-refractivity contribution is 0.282. The third-order valence-corrected chi connectivity index (χ3v) is 3.81. The highest BCUT2D eigenvalue weighted by Gasteiger charge is 1.99. The first kappa shape index (κ1) is 15.0. The number of benzene rings is 3. The molecule has 0 bridgehead atoms. The van der Waals surface area contributed by atoms with Gasteiger partial charge < -0.3 is 10.8 Å². The average molecular weight is 302 g/mol. The number of hydrogen-bond donors (Lipinski definition) is 3. The van der Waals surface area contributed by atoms with Crippen molar-refractivity contribution in [1.29, 1.82) is 5.41 Å². The van der Waals surface area contributed by atoms with Crippen LogP contribution < -0.4 is 5.73 Å². The summed E-state index contributed by atoms with van der Waals surface area (Å²) in [6.45, 7) is 0.0664. The van der Waals surface area contributed by atoms with Crippen molar-refractivity contribution < 1.29 is 5.11 Å². The number of fused-ring (bicyclic) bond motifs is 1. The molecule has 3 heteroatoms. The molecule has 3 aromatic rings. The summed E-state index contributed by atoms with van der Waals surface area (Å²) < 4.78 is 0. The molecule has 0 fully saturated rings. The Morgan fingerprint density at radius 1 is 0.870 bits per heavy atom. The van der Waals surface area contributed by atoms with Gasteiger partial charge in [0.25, 0.3) is 0 Å². The molecule has 0 aliphatic rings. The predicted octanol–water partition coefficient (Wildman–Crippen LogP) is 3.79. The van der Waals surface area contributed by atoms with E-state index in [9.17, 15) is 0 Å². The summed E-state index contributed by atoms with van der Waals surface area (Å²) >= 11 is 0. The number of aliphatic hydroxyl groups is 1. The van der Waals surface area contributed by atoms with E-state index in [0.29, 0.717) is 0 Å². The summed E-state index contributed by atoms with van der Waals surface area (Å²) in [5.74, 6) is 0.0854. The van der Waals surface area contributed by atoms with Crippen LogP contribution >= 0.6 is 0 Å². The maximum Gasteiger partial charge on any atom is 0.122 e. The van der Waals surface area contributed by atoms with Gasteiger partial charge in [-0.2, -0.15) is 0 Å². The van der Waals surface area contributed by atoms with E-state index in [1.54, 1.807) is 0 Å². The van der Waals surface area contributed by atoms with Gasteiger partial charge in [-0.05, 0) is 39.6 Å². The van der Waals surface area contributed by atoms with Crippen molar-refractivity contribution in [1.82, 2.24) is 0 Å². The largest absolute Gasteiger partial charge is 0.392 e. The zero-order valence-electron chi connectivity index (χ0n) is 12.7. The maximum atomic E-state index is 9.05. The predicted molar refractivity (Wildman–Crippen MR) is 96.3 cm³/mol. The van der Waals surface area contributed by atoms with Crippen molar-refractivity contribution in [3.05, 3.63) is 82.9 Å². The Morgan fingerprint density at radius 3 is 2.17 bits per heavy atom. The lowest BCUT2D eigenvalue weighted by Crippen LogP contribution is -2.10. The monoisotopic (exact) mass is 302 g/mol. The number of nitrogens with two attached hydrogens (primary N) is 1. The second-order valence-corrected chi connectivity index (χ2v) is 5.47. The topological polar surface area (TPSA) is 70.1 Å². The van der Waals surface area contributed by atoms with Crippen molar-refractivity contribution in [3.63, 3.8) is 0 Å². The van der Waals surface area contributed by atoms with Crippen LogP contribution in [0.5, 0.6) is 0 Å². The highest BCUT2D eigenvalue weighted by molar-refractivity contribution is 5.99. The third-order valence-electron chi connectivity index (χ3n) is 3.81. The van der Waals surface area contributed by atoms with Gasteiger partial charge in [0.05, 0.1) is 6.61 Å². The number of aliphatic hydroxyl groups excluding tert-OH is 1. The quantitative estimate of drug-likeness (QED) is 0.390. The van der Waals surface area contributed by atoms with E-state index in [0.717, 1.165) is 33.0 Å². The number of nitrogens with one attached hydrogen (secondary N) is 1. The Bertz CT molecular complexity index is 880. The summed E-state index contributed by atoms with van der Waals surface area (Å²) in [6.07, 6.45) is 4.11. The van der Waals surface area contributed by atoms with E-state index < -0.39 is 0 Å². The third kappa shape index (κ3) is 3.47. The van der Waals surface area contributed by atoms with Gasteiger partial charge in [-0.25, -0.2) is 0 Å². The summed E-state index contributed by atoms with van der Waals surface area (Å²) in [6, 6.07) is 19.8. The van der Waals surface area contributed by atoms with Gasteiger partial charge in [-0.15, -0.1) is 0 Å². The van der Waals surface area contributed by atoms with Crippen molar-refractivity contribution in [3.8, 4) is 0 Å². The molecule has 0 amide bonds. The minimum absolute atomic E-state index is 0.0664. The lowest BCUT2D eigenvalue weighted by Gasteiger charge is -2.03. The summed E-state index contributed by atoms with van der Waals surface area (Å²) in [5.41, 5.74) is 9.38. The van der Waals surface area contributed by atoms with Crippen LogP contribution in [0.15, 0.2) is 60.7 Å². The molecular formula is C20H18N2O. The fourth-order valence-electron chi connectivity index (χ4n) is 2.46. The number of hydrogen-bond acceptors (Lipinski definition) is 2. The van der Waals surface area contributed by atoms with Gasteiger partial charge in [-0.3, -0.25) is 5.41 Å². The van der Waals surface area contributed by atoms with Crippen molar-refractivity contribution in [2.45, 2.75) is 6.61 Å². The number of nitrogen functional groups attached to an aromatic ring is 1. The standard InChI is InChI=1S/C20H18N2O/c21-20(22)19-10-9-17-11-15(7-8-18(17)12-19)4-1-14-2-5-16(13-23)6-3-14/h1-12,23H,13H2,(H3,21,22). The van der Waals surface area contributed by atoms with Crippen LogP contribution in [0.25, 0.3) is 22.9 Å². The van der Waals surface area contributed by atoms with E-state index >= 15 is 0 Å². The van der Waals surface area contributed by atoms with Gasteiger partial charge in [0.2, 0.25) is 0 Å². The fourth-order valence-corrected chi connectivity index (χ4v) is 2.46. The van der Waals surface area contributed by atoms with Crippen LogP contribution in [0.1, 0.15) is 22.3 Å². The molecule has 0 aliphatic carbocycles. The first-order valence-electron chi connectivity index (χ1n) is 7.42. The molecule has 0 saturated carbocycles. The van der Waals surface area contributed by atoms with E-state index in [1.807, 2.05) is 60.7 Å². The molecule has 114 valence electrons. The molecule has 0 atom stereocenters. The highest BCUT2D eigenvalue weighted by atomic mass is 16.3. The van der Waals surface area contributed by atoms with Gasteiger partial charge in [-0.1, -0.05) is 60.7 Å². The lowest BCUT2D eigenvalue weighted by atomic mass is 10.0. The van der Waals surface area contributed by atoms with E-state index in [1.165, 1.54) is 0 Å². The molecule has 0 spiro atoms. The molecule has 3 rings (SSSR count). The molecule has 0 unspecified atom stereocenters. The van der Waals surface area contributed by atoms with Crippen LogP contribution in [0.3, 0.4) is 0 Å². The van der Waals surface area contributed by atoms with Gasteiger partial charge in [0.1, 0.15) is 5.84 Å². The molecule has 0 aliphatic heterocycles. The molecule has 3 aromatic carbocycles. The zero-order valence-corrected chi connectivity index (χ0v) is 12.7. The summed E-state index contributed by atoms with van der Waals surface area (Å²) in [7, 11) is 0. The second-order valence-electron chi connectivity index (χ2n) is 5.47. The smallest absolute Gasteiger partial charge is 0.122 e. The Kier molecular flexibility index (Phi) is 4.22. The molecular weight excluding hydrogens is 284 g/mol. The molecule has 23 heavy (non-hydrogen) atoms. The Morgan fingerprint density at radius 2 is 1.48 bits per heavy atom. The molecule has 3 nitrogen and oxygen atoms in total. The minimum atomic E-state index is 0.0664. The number of rotatable bonds is 4. The molecule has 0 radical (unpaired) electrons. The van der Waals surface area contributed by atoms with Crippen LogP contribution in [-0.2, 0) is 6.61 Å². The van der Waals surface area contributed by atoms with E-state index in [4.69, 9.17) is 16.2 Å². The van der Waals surface area contributed by atoms with E-state index in [2.05, 4.69) is 12.1 Å². The fraction of sp³-hybridized carbons (Fsp3) is 0.0500. The van der Waals surface area contributed by atoms with Gasteiger partial charge >= 0.3 is 0 Å². The van der Waals surface area contributed by atoms with Gasteiger partial charge in [0, 0.05) is 5.56 Å². The Balaban J connectivity index is 1.86. The van der Waals surface area contributed by atoms with Crippen LogP contribution in [0.4, 0.5) is 0 Å². The van der Waals surface area contributed by atoms with Crippen LogP contribution in [-0.4, -0.2) is 10.9 Å². The average Bonchev–Trinajstić information content (AvgIpc) is 2.59. The molecule has 0 heterocycles. The Labute approximate surface area is 135 Å². The molecule has 0 saturated heterocycles. The second kappa shape index (κ2) is 6.46. The summed E-state index contributed by atoms with van der Waals surface area (Å²) in [4.78, 5) is 0. The van der Waals surface area contributed by atoms with Crippen molar-refractivity contribution in [2.75, 3.05) is 0 Å². The number of amidine groups is 1. The molecule has 4 N–H and O–H groups in total. The van der Waals surface area contributed by atoms with Gasteiger partial charge in [0.15, 0.2) is 0 Å². The maximum absolute atomic E-state index is 9.05. The van der Waals surface area contributed by atoms with E-state index in [-0.39, 0.29) is 12.4 Å². The van der Waals surface area contributed by atoms with Crippen molar-refractivity contribution >= 4 is 28.8 Å². The zero-order chi connectivity index (χ0) is 16.2. The highest BCUT2D eigenvalue weighted by Crippen LogP contribution is 2.19. The first-order valence-corrected chi connectivity index (χ1v) is 7.42. The minimum Gasteiger partial charge on any atom is -0.392 e. The molecule has 0 aromatic heterocycles. The first-order chi connectivity index (χ1) is 11.2. The summed E-state index contributed by atoms with van der Waals surface area (Å²) in [5, 5.41) is 18.7. The van der Waals surface area contributed by atoms with Crippen LogP contribution in [0.2, 0.25) is 0 Å². The van der Waals surface area contributed by atoms with Crippen molar-refractivity contribution in [2.24, 2.45) is 5.73 Å². The van der Waals surface area contributed by atoms with Crippen LogP contribution in [0, 0.1) is 5.41 Å². The normalized spacial score (nSPS) is 11.2. The SMILES string of the molecule is N=C(N)c1ccc2cc(C=Cc3ccc(CO)cc3)ccc2c1.